The molecule has 0 aromatic heterocycles. The van der Waals surface area contributed by atoms with Crippen molar-refractivity contribution >= 4 is 6.47 Å². The zero-order valence-electron chi connectivity index (χ0n) is 13.3. The molecule has 0 rings (SSSR count). The third-order valence-corrected chi connectivity index (χ3v) is 1.28. The SMILES string of the molecule is CC#CC#CC#CC#CC#CC#CC#CC#COOOOOOOOC=O. The molecule has 0 unspecified atom stereocenters. The molecule has 0 aromatic carbocycles. The highest BCUT2D eigenvalue weighted by Gasteiger charge is 1.93. The molecule has 0 atom stereocenters. The third-order valence-electron chi connectivity index (χ3n) is 1.28. The van der Waals surface area contributed by atoms with Crippen LogP contribution in [-0.2, 0) is 44.8 Å². The van der Waals surface area contributed by atoms with Crippen LogP contribution in [0.15, 0.2) is 0 Å². The molecule has 0 N–H and O–H groups in total. The topological polar surface area (TPSA) is 90.9 Å². The fraction of sp³-hybridized carbons (Fsp3) is 0.0556. The van der Waals surface area contributed by atoms with Crippen molar-refractivity contribution in [3.05, 3.63) is 0 Å². The normalized spacial score (nSPS) is 6.11. The first-order valence-electron chi connectivity index (χ1n) is 6.09. The minimum Gasteiger partial charge on any atom is -0.270 e. The summed E-state index contributed by atoms with van der Waals surface area (Å²) in [5.74, 6) is 36.4. The summed E-state index contributed by atoms with van der Waals surface area (Å²) in [6, 6.07) is 0. The van der Waals surface area contributed by atoms with Gasteiger partial charge in [-0.15, -0.1) is 0 Å². The van der Waals surface area contributed by atoms with Gasteiger partial charge in [0, 0.05) is 71.7 Å². The lowest BCUT2D eigenvalue weighted by atomic mass is 10.5. The van der Waals surface area contributed by atoms with Gasteiger partial charge in [0.05, 0.1) is 0 Å². The molecular weight excluding hydrogens is 360 g/mol. The molecule has 130 valence electrons. The first-order valence-corrected chi connectivity index (χ1v) is 6.09. The van der Waals surface area contributed by atoms with Crippen LogP contribution in [0.4, 0.5) is 0 Å². The molecule has 0 saturated heterocycles. The summed E-state index contributed by atoms with van der Waals surface area (Å²) in [4.78, 5) is 17.2. The molecule has 0 aromatic rings. The van der Waals surface area contributed by atoms with Crippen molar-refractivity contribution in [2.45, 2.75) is 6.92 Å². The largest absolute Gasteiger partial charge is 0.334 e. The zero-order chi connectivity index (χ0) is 19.7. The van der Waals surface area contributed by atoms with Crippen molar-refractivity contribution in [3.63, 3.8) is 0 Å². The number of rotatable bonds is 8. The van der Waals surface area contributed by atoms with Crippen LogP contribution in [0.1, 0.15) is 6.92 Å². The molecule has 0 amide bonds. The van der Waals surface area contributed by atoms with E-state index in [1.165, 1.54) is 0 Å². The van der Waals surface area contributed by atoms with Gasteiger partial charge >= 0.3 is 6.47 Å². The van der Waals surface area contributed by atoms with Gasteiger partial charge in [-0.25, -0.2) is 4.89 Å². The van der Waals surface area contributed by atoms with E-state index in [-0.39, 0.29) is 6.47 Å². The Balaban J connectivity index is 3.88. The second-order valence-corrected chi connectivity index (χ2v) is 2.79. The Hall–Kier alpha value is -4.49. The Morgan fingerprint density at radius 2 is 0.926 bits per heavy atom. The first kappa shape index (κ1) is 22.5. The van der Waals surface area contributed by atoms with Crippen LogP contribution in [0.2, 0.25) is 0 Å². The standard InChI is InChI=1S/C18H4O9/c1-2-3-4-5-6-7-8-9-10-11-12-13-14-15-16-17-20-22-24-26-27-25-23-21-18-19/h18H,1H3. The summed E-state index contributed by atoms with van der Waals surface area (Å²) < 4.78 is 0. The van der Waals surface area contributed by atoms with E-state index in [0.717, 1.165) is 0 Å². The monoisotopic (exact) mass is 364 g/mol. The summed E-state index contributed by atoms with van der Waals surface area (Å²) >= 11 is 0. The Bertz CT molecular complexity index is 967. The molecule has 0 fully saturated rings. The van der Waals surface area contributed by atoms with Gasteiger partial charge < -0.3 is 0 Å². The first-order chi connectivity index (χ1) is 13.4. The summed E-state index contributed by atoms with van der Waals surface area (Å²) in [5.41, 5.74) is 0. The molecular formula is C18H4O9. The highest BCUT2D eigenvalue weighted by molar-refractivity contribution is 5.45. The van der Waals surface area contributed by atoms with Crippen molar-refractivity contribution in [2.24, 2.45) is 0 Å². The van der Waals surface area contributed by atoms with E-state index in [9.17, 15) is 4.79 Å². The van der Waals surface area contributed by atoms with Crippen molar-refractivity contribution < 1.29 is 44.8 Å². The van der Waals surface area contributed by atoms with E-state index in [0.29, 0.717) is 0 Å². The quantitative estimate of drug-likeness (QED) is 0.189. The minimum atomic E-state index is -0.0926. The molecule has 0 bridgehead atoms. The maximum atomic E-state index is 9.56. The molecule has 9 nitrogen and oxygen atoms in total. The molecule has 0 spiro atoms. The van der Waals surface area contributed by atoms with Gasteiger partial charge in [-0.1, -0.05) is 5.92 Å². The van der Waals surface area contributed by atoms with Crippen LogP contribution < -0.4 is 0 Å². The molecule has 0 aliphatic rings. The predicted octanol–water partition coefficient (Wildman–Crippen LogP) is -0.315. The lowest BCUT2D eigenvalue weighted by molar-refractivity contribution is -0.806. The van der Waals surface area contributed by atoms with E-state index in [1.807, 2.05) is 6.11 Å². The van der Waals surface area contributed by atoms with Crippen LogP contribution in [0.3, 0.4) is 0 Å². The van der Waals surface area contributed by atoms with Gasteiger partial charge in [-0.2, -0.15) is 0 Å². The maximum absolute atomic E-state index is 9.56. The van der Waals surface area contributed by atoms with Gasteiger partial charge in [0.15, 0.2) is 6.11 Å². The highest BCUT2D eigenvalue weighted by Crippen LogP contribution is 1.87. The fourth-order valence-corrected chi connectivity index (χ4v) is 0.592. The predicted molar refractivity (Wildman–Crippen MR) is 82.6 cm³/mol. The second kappa shape index (κ2) is 21.5. The van der Waals surface area contributed by atoms with Crippen LogP contribution in [-0.4, -0.2) is 6.47 Å². The van der Waals surface area contributed by atoms with E-state index in [4.69, 9.17) is 0 Å². The molecule has 0 heterocycles. The van der Waals surface area contributed by atoms with Crippen LogP contribution in [0, 0.1) is 94.9 Å². The summed E-state index contributed by atoms with van der Waals surface area (Å²) in [7, 11) is 0. The molecule has 27 heavy (non-hydrogen) atoms. The van der Waals surface area contributed by atoms with Crippen LogP contribution >= 0.6 is 0 Å². The number of carbonyl (C=O) groups is 1. The molecule has 0 saturated carbocycles. The van der Waals surface area contributed by atoms with E-state index >= 15 is 0 Å². The van der Waals surface area contributed by atoms with Gasteiger partial charge in [-0.3, -0.25) is 9.68 Å². The number of hydrogen-bond donors (Lipinski definition) is 0. The van der Waals surface area contributed by atoms with Crippen molar-refractivity contribution in [1.82, 2.24) is 0 Å². The number of carbonyl (C=O) groups excluding carboxylic acids is 1. The van der Waals surface area contributed by atoms with E-state index < -0.39 is 0 Å². The third kappa shape index (κ3) is 21.5. The fourth-order valence-electron chi connectivity index (χ4n) is 0.592. The summed E-state index contributed by atoms with van der Waals surface area (Å²) in [5, 5.41) is 21.9. The Labute approximate surface area is 154 Å². The molecule has 9 heteroatoms. The van der Waals surface area contributed by atoms with Gasteiger partial charge in [0.25, 0.3) is 0 Å². The average Bonchev–Trinajstić information content (AvgIpc) is 2.68. The van der Waals surface area contributed by atoms with Crippen LogP contribution in [0.5, 0.6) is 0 Å². The number of hydrogen-bond acceptors (Lipinski definition) is 9. The van der Waals surface area contributed by atoms with Gasteiger partial charge in [-0.05, 0) is 48.4 Å². The summed E-state index contributed by atoms with van der Waals surface area (Å²) in [6.07, 6.45) is 1.93. The minimum absolute atomic E-state index is 0.0926. The van der Waals surface area contributed by atoms with E-state index in [1.54, 1.807) is 6.92 Å². The smallest absolute Gasteiger partial charge is 0.270 e. The Morgan fingerprint density at radius 1 is 0.519 bits per heavy atom. The molecule has 0 radical (unpaired) electrons. The molecule has 0 aliphatic carbocycles. The lowest BCUT2D eigenvalue weighted by Gasteiger charge is -1.94. The molecule has 0 aliphatic heterocycles. The highest BCUT2D eigenvalue weighted by atomic mass is 17.9. The van der Waals surface area contributed by atoms with Crippen molar-refractivity contribution in [1.29, 1.82) is 0 Å². The summed E-state index contributed by atoms with van der Waals surface area (Å²) in [6.45, 7) is 1.58. The Morgan fingerprint density at radius 3 is 1.41 bits per heavy atom. The zero-order valence-corrected chi connectivity index (χ0v) is 13.3. The van der Waals surface area contributed by atoms with Gasteiger partial charge in [0.2, 0.25) is 0 Å². The van der Waals surface area contributed by atoms with Crippen molar-refractivity contribution in [2.75, 3.05) is 0 Å². The van der Waals surface area contributed by atoms with Crippen molar-refractivity contribution in [3.8, 4) is 94.9 Å². The van der Waals surface area contributed by atoms with Gasteiger partial charge in [0.1, 0.15) is 0 Å². The second-order valence-electron chi connectivity index (χ2n) is 2.79. The van der Waals surface area contributed by atoms with E-state index in [2.05, 4.69) is 129 Å². The Kier molecular flexibility index (Phi) is 17.9. The van der Waals surface area contributed by atoms with Crippen LogP contribution in [0.25, 0.3) is 0 Å². The average molecular weight is 364 g/mol. The maximum Gasteiger partial charge on any atom is 0.334 e. The lowest BCUT2D eigenvalue weighted by Crippen LogP contribution is -2.00.